The average Bonchev–Trinajstić information content (AvgIpc) is 2.47. The summed E-state index contributed by atoms with van der Waals surface area (Å²) in [7, 11) is 0. The zero-order chi connectivity index (χ0) is 9.26. The summed E-state index contributed by atoms with van der Waals surface area (Å²) in [6.45, 7) is 0. The molecule has 2 aromatic rings. The average molecular weight is 177 g/mol. The molecule has 0 saturated heterocycles. The Morgan fingerprint density at radius 2 is 2.08 bits per heavy atom. The molecule has 0 radical (unpaired) electrons. The van der Waals surface area contributed by atoms with Gasteiger partial charge in [0.05, 0.1) is 11.8 Å². The fourth-order valence-electron chi connectivity index (χ4n) is 1.07. The van der Waals surface area contributed by atoms with Crippen LogP contribution in [-0.4, -0.2) is 19.9 Å². The van der Waals surface area contributed by atoms with E-state index in [1.165, 1.54) is 4.68 Å². The molecule has 0 spiro atoms. The molecule has 5 heteroatoms. The maximum atomic E-state index is 10.8. The van der Waals surface area contributed by atoms with Crippen molar-refractivity contribution in [2.24, 2.45) is 0 Å². The summed E-state index contributed by atoms with van der Waals surface area (Å²) in [5, 5.41) is 11.7. The number of nitrogens with one attached hydrogen (secondary N) is 1. The van der Waals surface area contributed by atoms with Gasteiger partial charge in [0, 0.05) is 12.4 Å². The van der Waals surface area contributed by atoms with Gasteiger partial charge in [-0.05, 0) is 12.1 Å². The van der Waals surface area contributed by atoms with E-state index in [-0.39, 0.29) is 11.4 Å². The number of rotatable bonds is 1. The standard InChI is InChI=1S/C8H7N3O2/c12-7-5-8(13)11(10-7)6-1-3-9-4-2-6/h1-5,13H,(H,10,12). The van der Waals surface area contributed by atoms with Crippen LogP contribution >= 0.6 is 0 Å². The third kappa shape index (κ3) is 1.31. The van der Waals surface area contributed by atoms with Gasteiger partial charge < -0.3 is 5.11 Å². The van der Waals surface area contributed by atoms with Gasteiger partial charge in [0.15, 0.2) is 0 Å². The molecule has 0 aliphatic rings. The topological polar surface area (TPSA) is 70.9 Å². The number of aromatic hydroxyl groups is 1. The highest BCUT2D eigenvalue weighted by molar-refractivity contribution is 5.31. The lowest BCUT2D eigenvalue weighted by atomic mass is 10.4. The van der Waals surface area contributed by atoms with E-state index in [2.05, 4.69) is 10.1 Å². The zero-order valence-corrected chi connectivity index (χ0v) is 6.64. The van der Waals surface area contributed by atoms with Gasteiger partial charge in [-0.15, -0.1) is 0 Å². The Morgan fingerprint density at radius 3 is 2.62 bits per heavy atom. The van der Waals surface area contributed by atoms with Gasteiger partial charge in [0.2, 0.25) is 5.88 Å². The van der Waals surface area contributed by atoms with Crippen molar-refractivity contribution in [1.82, 2.24) is 14.8 Å². The smallest absolute Gasteiger partial charge is 0.268 e. The van der Waals surface area contributed by atoms with Crippen molar-refractivity contribution >= 4 is 0 Å². The minimum absolute atomic E-state index is 0.115. The molecule has 0 unspecified atom stereocenters. The molecule has 0 atom stereocenters. The summed E-state index contributed by atoms with van der Waals surface area (Å²) >= 11 is 0. The first-order valence-electron chi connectivity index (χ1n) is 3.69. The fraction of sp³-hybridized carbons (Fsp3) is 0. The number of hydrogen-bond donors (Lipinski definition) is 2. The molecule has 2 heterocycles. The van der Waals surface area contributed by atoms with E-state index in [4.69, 9.17) is 0 Å². The lowest BCUT2D eigenvalue weighted by Gasteiger charge is -2.01. The van der Waals surface area contributed by atoms with Crippen LogP contribution in [0, 0.1) is 0 Å². The van der Waals surface area contributed by atoms with Crippen molar-refractivity contribution in [2.45, 2.75) is 0 Å². The third-order valence-electron chi connectivity index (χ3n) is 1.63. The highest BCUT2D eigenvalue weighted by atomic mass is 16.3. The van der Waals surface area contributed by atoms with Crippen LogP contribution in [0.3, 0.4) is 0 Å². The van der Waals surface area contributed by atoms with Crippen molar-refractivity contribution in [2.75, 3.05) is 0 Å². The molecule has 0 aliphatic heterocycles. The second-order valence-corrected chi connectivity index (χ2v) is 2.52. The molecule has 0 fully saturated rings. The van der Waals surface area contributed by atoms with Crippen LogP contribution in [0.1, 0.15) is 0 Å². The quantitative estimate of drug-likeness (QED) is 0.656. The highest BCUT2D eigenvalue weighted by Crippen LogP contribution is 2.10. The Hall–Kier alpha value is -2.04. The second kappa shape index (κ2) is 2.78. The molecular formula is C8H7N3O2. The van der Waals surface area contributed by atoms with Gasteiger partial charge in [-0.2, -0.15) is 0 Å². The monoisotopic (exact) mass is 177 g/mol. The van der Waals surface area contributed by atoms with Crippen molar-refractivity contribution in [3.05, 3.63) is 40.9 Å². The van der Waals surface area contributed by atoms with Gasteiger partial charge in [0.25, 0.3) is 5.56 Å². The minimum Gasteiger partial charge on any atom is -0.493 e. The lowest BCUT2D eigenvalue weighted by molar-refractivity contribution is 0.433. The summed E-state index contributed by atoms with van der Waals surface area (Å²) in [5.41, 5.74) is 0.323. The molecule has 0 amide bonds. The fourth-order valence-corrected chi connectivity index (χ4v) is 1.07. The maximum Gasteiger partial charge on any atom is 0.268 e. The number of aromatic nitrogens is 3. The third-order valence-corrected chi connectivity index (χ3v) is 1.63. The molecule has 0 bridgehead atoms. The largest absolute Gasteiger partial charge is 0.493 e. The van der Waals surface area contributed by atoms with E-state index >= 15 is 0 Å². The molecule has 5 nitrogen and oxygen atoms in total. The molecule has 66 valence electrons. The highest BCUT2D eigenvalue weighted by Gasteiger charge is 2.02. The zero-order valence-electron chi connectivity index (χ0n) is 6.64. The van der Waals surface area contributed by atoms with E-state index in [0.29, 0.717) is 5.69 Å². The molecule has 2 N–H and O–H groups in total. The van der Waals surface area contributed by atoms with Crippen LogP contribution in [0.4, 0.5) is 0 Å². The molecule has 2 rings (SSSR count). The van der Waals surface area contributed by atoms with Crippen molar-refractivity contribution in [1.29, 1.82) is 0 Å². The normalized spacial score (nSPS) is 10.2. The van der Waals surface area contributed by atoms with E-state index in [0.717, 1.165) is 6.07 Å². The van der Waals surface area contributed by atoms with Crippen molar-refractivity contribution in [3.8, 4) is 11.6 Å². The summed E-state index contributed by atoms with van der Waals surface area (Å²) in [6.07, 6.45) is 3.15. The number of H-pyrrole nitrogens is 1. The second-order valence-electron chi connectivity index (χ2n) is 2.52. The minimum atomic E-state index is -0.339. The number of aromatic amines is 1. The maximum absolute atomic E-state index is 10.8. The molecular weight excluding hydrogens is 170 g/mol. The molecule has 2 aromatic heterocycles. The van der Waals surface area contributed by atoms with Crippen molar-refractivity contribution < 1.29 is 5.11 Å². The lowest BCUT2D eigenvalue weighted by Crippen LogP contribution is -2.03. The van der Waals surface area contributed by atoms with Crippen LogP contribution in [0.25, 0.3) is 5.69 Å². The number of pyridine rings is 1. The first-order valence-corrected chi connectivity index (χ1v) is 3.69. The Labute approximate surface area is 73.3 Å². The van der Waals surface area contributed by atoms with E-state index in [1.54, 1.807) is 24.5 Å². The molecule has 0 aromatic carbocycles. The van der Waals surface area contributed by atoms with Crippen LogP contribution < -0.4 is 5.56 Å². The molecule has 0 aliphatic carbocycles. The van der Waals surface area contributed by atoms with E-state index in [1.807, 2.05) is 0 Å². The van der Waals surface area contributed by atoms with Crippen LogP contribution in [0.2, 0.25) is 0 Å². The Balaban J connectivity index is 2.59. The molecule has 13 heavy (non-hydrogen) atoms. The van der Waals surface area contributed by atoms with E-state index in [9.17, 15) is 9.90 Å². The van der Waals surface area contributed by atoms with Gasteiger partial charge in [-0.3, -0.25) is 14.9 Å². The van der Waals surface area contributed by atoms with Gasteiger partial charge in [-0.25, -0.2) is 4.68 Å². The predicted octanol–water partition coefficient (Wildman–Crippen LogP) is 0.266. The first-order chi connectivity index (χ1) is 6.27. The van der Waals surface area contributed by atoms with Crippen LogP contribution in [0.15, 0.2) is 35.4 Å². The van der Waals surface area contributed by atoms with E-state index < -0.39 is 0 Å². The summed E-state index contributed by atoms with van der Waals surface area (Å²) in [4.78, 5) is 14.7. The molecule has 0 saturated carbocycles. The Bertz CT molecular complexity index is 458. The van der Waals surface area contributed by atoms with Crippen LogP contribution in [0.5, 0.6) is 5.88 Å². The number of hydrogen-bond acceptors (Lipinski definition) is 3. The van der Waals surface area contributed by atoms with Crippen molar-refractivity contribution in [3.63, 3.8) is 0 Å². The number of nitrogens with zero attached hydrogens (tertiary/aromatic N) is 2. The van der Waals surface area contributed by atoms with Gasteiger partial charge in [-0.1, -0.05) is 0 Å². The summed E-state index contributed by atoms with van der Waals surface area (Å²) < 4.78 is 1.28. The van der Waals surface area contributed by atoms with Crippen LogP contribution in [-0.2, 0) is 0 Å². The van der Waals surface area contributed by atoms with Gasteiger partial charge in [0.1, 0.15) is 0 Å². The predicted molar refractivity (Wildman–Crippen MR) is 45.8 cm³/mol. The summed E-state index contributed by atoms with van der Waals surface area (Å²) in [6, 6.07) is 4.46. The summed E-state index contributed by atoms with van der Waals surface area (Å²) in [5.74, 6) is -0.115. The Morgan fingerprint density at radius 1 is 1.38 bits per heavy atom. The first kappa shape index (κ1) is 7.60. The Kier molecular flexibility index (Phi) is 1.63. The SMILES string of the molecule is O=c1cc(O)n(-c2ccncc2)[nH]1. The van der Waals surface area contributed by atoms with Gasteiger partial charge >= 0.3 is 0 Å².